The lowest BCUT2D eigenvalue weighted by molar-refractivity contribution is 0.0755. The van der Waals surface area contributed by atoms with Crippen LogP contribution in [0.4, 0.5) is 0 Å². The number of carbonyl (C=O) groups excluding carboxylic acids is 1. The lowest BCUT2D eigenvalue weighted by Gasteiger charge is -2.28. The Bertz CT molecular complexity index is 794. The molecule has 0 atom stereocenters. The molecule has 2 aromatic rings. The summed E-state index contributed by atoms with van der Waals surface area (Å²) in [4.78, 5) is 21.0. The van der Waals surface area contributed by atoms with E-state index in [0.717, 1.165) is 55.2 Å². The van der Waals surface area contributed by atoms with E-state index in [1.165, 1.54) is 38.6 Å². The Hall–Kier alpha value is -2.01. The number of amides is 1. The van der Waals surface area contributed by atoms with Gasteiger partial charge in [0.25, 0.3) is 5.91 Å². The van der Waals surface area contributed by atoms with Crippen LogP contribution in [0.3, 0.4) is 0 Å². The third kappa shape index (κ3) is 4.52. The standard InChI is InChI=1S/C23H33N3O2/c1-2-28-20-10-9-19-15-22(24-21(19)16-20)23(27)26-12-6-11-25(13-14-26)17-18-7-4-3-5-8-18/h9-10,15-16,18,24H,2-8,11-14,17H2,1H3. The van der Waals surface area contributed by atoms with Crippen LogP contribution >= 0.6 is 0 Å². The molecule has 1 amide bonds. The van der Waals surface area contributed by atoms with Gasteiger partial charge in [-0.15, -0.1) is 0 Å². The molecule has 0 radical (unpaired) electrons. The number of hydrogen-bond acceptors (Lipinski definition) is 3. The Morgan fingerprint density at radius 2 is 1.93 bits per heavy atom. The van der Waals surface area contributed by atoms with E-state index in [0.29, 0.717) is 12.3 Å². The molecule has 0 spiro atoms. The Labute approximate surface area is 168 Å². The van der Waals surface area contributed by atoms with E-state index in [9.17, 15) is 4.79 Å². The van der Waals surface area contributed by atoms with Crippen molar-refractivity contribution in [2.45, 2.75) is 45.4 Å². The first kappa shape index (κ1) is 19.3. The van der Waals surface area contributed by atoms with Gasteiger partial charge >= 0.3 is 0 Å². The molecule has 0 bridgehead atoms. The van der Waals surface area contributed by atoms with Crippen LogP contribution in [0.2, 0.25) is 0 Å². The molecule has 1 aliphatic heterocycles. The van der Waals surface area contributed by atoms with Crippen molar-refractivity contribution in [2.75, 3.05) is 39.3 Å². The second kappa shape index (κ2) is 8.99. The highest BCUT2D eigenvalue weighted by molar-refractivity contribution is 5.98. The molecule has 5 heteroatoms. The minimum Gasteiger partial charge on any atom is -0.494 e. The highest BCUT2D eigenvalue weighted by Gasteiger charge is 2.23. The predicted octanol–water partition coefficient (Wildman–Crippen LogP) is 4.29. The van der Waals surface area contributed by atoms with Crippen LogP contribution in [-0.4, -0.2) is 60.0 Å². The Kier molecular flexibility index (Phi) is 6.20. The number of hydrogen-bond donors (Lipinski definition) is 1. The lowest BCUT2D eigenvalue weighted by Crippen LogP contribution is -2.37. The number of fused-ring (bicyclic) bond motifs is 1. The molecule has 2 aliphatic rings. The molecular weight excluding hydrogens is 350 g/mol. The van der Waals surface area contributed by atoms with Gasteiger partial charge in [-0.05, 0) is 56.8 Å². The number of nitrogens with zero attached hydrogens (tertiary/aromatic N) is 2. The third-order valence-electron chi connectivity index (χ3n) is 6.25. The monoisotopic (exact) mass is 383 g/mol. The summed E-state index contributed by atoms with van der Waals surface area (Å²) in [7, 11) is 0. The number of H-pyrrole nitrogens is 1. The molecule has 2 fully saturated rings. The van der Waals surface area contributed by atoms with Crippen molar-refractivity contribution in [1.82, 2.24) is 14.8 Å². The maximum absolute atomic E-state index is 13.1. The molecule has 1 aromatic heterocycles. The van der Waals surface area contributed by atoms with Gasteiger partial charge in [-0.1, -0.05) is 19.3 Å². The van der Waals surface area contributed by atoms with Gasteiger partial charge in [0.05, 0.1) is 6.61 Å². The van der Waals surface area contributed by atoms with E-state index >= 15 is 0 Å². The van der Waals surface area contributed by atoms with Crippen molar-refractivity contribution in [2.24, 2.45) is 5.92 Å². The van der Waals surface area contributed by atoms with E-state index in [4.69, 9.17) is 4.74 Å². The zero-order valence-corrected chi connectivity index (χ0v) is 17.1. The normalized spacial score (nSPS) is 19.7. The number of aromatic nitrogens is 1. The van der Waals surface area contributed by atoms with E-state index < -0.39 is 0 Å². The van der Waals surface area contributed by atoms with Crippen molar-refractivity contribution < 1.29 is 9.53 Å². The van der Waals surface area contributed by atoms with Crippen molar-refractivity contribution >= 4 is 16.8 Å². The van der Waals surface area contributed by atoms with Crippen molar-refractivity contribution in [3.63, 3.8) is 0 Å². The average molecular weight is 384 g/mol. The highest BCUT2D eigenvalue weighted by atomic mass is 16.5. The van der Waals surface area contributed by atoms with Crippen LogP contribution < -0.4 is 4.74 Å². The molecular formula is C23H33N3O2. The van der Waals surface area contributed by atoms with E-state index in [2.05, 4.69) is 9.88 Å². The second-order valence-corrected chi connectivity index (χ2v) is 8.32. The first-order valence-corrected chi connectivity index (χ1v) is 11.0. The molecule has 1 saturated carbocycles. The summed E-state index contributed by atoms with van der Waals surface area (Å²) in [5, 5.41) is 1.06. The zero-order valence-electron chi connectivity index (χ0n) is 17.1. The van der Waals surface area contributed by atoms with Crippen molar-refractivity contribution in [3.8, 4) is 5.75 Å². The van der Waals surface area contributed by atoms with Gasteiger partial charge in [0.1, 0.15) is 11.4 Å². The van der Waals surface area contributed by atoms with Crippen molar-refractivity contribution in [1.29, 1.82) is 0 Å². The minimum absolute atomic E-state index is 0.119. The first-order chi connectivity index (χ1) is 13.7. The van der Waals surface area contributed by atoms with Crippen LogP contribution in [0, 0.1) is 5.92 Å². The molecule has 1 aliphatic carbocycles. The summed E-state index contributed by atoms with van der Waals surface area (Å²) in [5.41, 5.74) is 1.65. The van der Waals surface area contributed by atoms with Gasteiger partial charge in [-0.3, -0.25) is 4.79 Å². The van der Waals surface area contributed by atoms with Crippen LogP contribution in [0.5, 0.6) is 5.75 Å². The number of benzene rings is 1. The third-order valence-corrected chi connectivity index (χ3v) is 6.25. The summed E-state index contributed by atoms with van der Waals surface area (Å²) in [6.07, 6.45) is 8.04. The van der Waals surface area contributed by atoms with E-state index in [1.807, 2.05) is 36.1 Å². The smallest absolute Gasteiger partial charge is 0.270 e. The largest absolute Gasteiger partial charge is 0.494 e. The molecule has 28 heavy (non-hydrogen) atoms. The van der Waals surface area contributed by atoms with Gasteiger partial charge in [0, 0.05) is 43.1 Å². The SMILES string of the molecule is CCOc1ccc2cc(C(=O)N3CCCN(CC4CCCCC4)CC3)[nH]c2c1. The molecule has 2 heterocycles. The zero-order chi connectivity index (χ0) is 19.3. The van der Waals surface area contributed by atoms with Gasteiger partial charge in [-0.25, -0.2) is 0 Å². The summed E-state index contributed by atoms with van der Waals surface area (Å²) >= 11 is 0. The quantitative estimate of drug-likeness (QED) is 0.838. The van der Waals surface area contributed by atoms with E-state index in [-0.39, 0.29) is 5.91 Å². The average Bonchev–Trinajstić information content (AvgIpc) is 3.00. The molecule has 1 aromatic carbocycles. The van der Waals surface area contributed by atoms with E-state index in [1.54, 1.807) is 0 Å². The van der Waals surface area contributed by atoms with Crippen LogP contribution in [0.15, 0.2) is 24.3 Å². The Morgan fingerprint density at radius 1 is 1.07 bits per heavy atom. The number of ether oxygens (including phenoxy) is 1. The maximum atomic E-state index is 13.1. The summed E-state index contributed by atoms with van der Waals surface area (Å²) in [6.45, 7) is 7.62. The molecule has 5 nitrogen and oxygen atoms in total. The number of nitrogens with one attached hydrogen (secondary N) is 1. The molecule has 1 N–H and O–H groups in total. The number of carbonyl (C=O) groups is 1. The Morgan fingerprint density at radius 3 is 2.75 bits per heavy atom. The minimum atomic E-state index is 0.119. The number of aromatic amines is 1. The molecule has 152 valence electrons. The molecule has 1 saturated heterocycles. The molecule has 0 unspecified atom stereocenters. The van der Waals surface area contributed by atoms with Crippen LogP contribution in [0.25, 0.3) is 10.9 Å². The van der Waals surface area contributed by atoms with Gasteiger partial charge in [-0.2, -0.15) is 0 Å². The van der Waals surface area contributed by atoms with Crippen LogP contribution in [0.1, 0.15) is 55.9 Å². The first-order valence-electron chi connectivity index (χ1n) is 11.0. The summed E-state index contributed by atoms with van der Waals surface area (Å²) < 4.78 is 5.57. The van der Waals surface area contributed by atoms with Crippen LogP contribution in [-0.2, 0) is 0 Å². The fraction of sp³-hybridized carbons (Fsp3) is 0.609. The summed E-state index contributed by atoms with van der Waals surface area (Å²) in [6, 6.07) is 7.92. The summed E-state index contributed by atoms with van der Waals surface area (Å²) in [5.74, 6) is 1.82. The topological polar surface area (TPSA) is 48.6 Å². The van der Waals surface area contributed by atoms with Gasteiger partial charge in [0.2, 0.25) is 0 Å². The predicted molar refractivity (Wildman–Crippen MR) is 113 cm³/mol. The van der Waals surface area contributed by atoms with Gasteiger partial charge < -0.3 is 19.5 Å². The Balaban J connectivity index is 1.38. The van der Waals surface area contributed by atoms with Gasteiger partial charge in [0.15, 0.2) is 0 Å². The number of rotatable bonds is 5. The fourth-order valence-corrected chi connectivity index (χ4v) is 4.74. The highest BCUT2D eigenvalue weighted by Crippen LogP contribution is 2.25. The maximum Gasteiger partial charge on any atom is 0.270 e. The molecule has 4 rings (SSSR count). The second-order valence-electron chi connectivity index (χ2n) is 8.32. The fourth-order valence-electron chi connectivity index (χ4n) is 4.74. The lowest BCUT2D eigenvalue weighted by atomic mass is 9.89. The van der Waals surface area contributed by atoms with Crippen molar-refractivity contribution in [3.05, 3.63) is 30.0 Å².